The molecular formula is C16H20ClN5. The SMILES string of the molecule is CN=C(NCc1cnn(-c2ccc(Cl)cc2)c1)NC1CC1C. The van der Waals surface area contributed by atoms with E-state index in [-0.39, 0.29) is 0 Å². The van der Waals surface area contributed by atoms with Crippen LogP contribution in [0.15, 0.2) is 41.7 Å². The van der Waals surface area contributed by atoms with Crippen molar-refractivity contribution in [2.45, 2.75) is 25.9 Å². The van der Waals surface area contributed by atoms with E-state index in [9.17, 15) is 0 Å². The second kappa shape index (κ2) is 6.40. The Kier molecular flexibility index (Phi) is 4.34. The van der Waals surface area contributed by atoms with Gasteiger partial charge in [-0.3, -0.25) is 4.99 Å². The zero-order chi connectivity index (χ0) is 15.5. The third kappa shape index (κ3) is 3.60. The zero-order valence-electron chi connectivity index (χ0n) is 12.8. The van der Waals surface area contributed by atoms with Gasteiger partial charge in [-0.05, 0) is 36.6 Å². The van der Waals surface area contributed by atoms with Crippen LogP contribution in [0.25, 0.3) is 5.69 Å². The summed E-state index contributed by atoms with van der Waals surface area (Å²) in [5.41, 5.74) is 2.09. The van der Waals surface area contributed by atoms with Crippen LogP contribution in [0.1, 0.15) is 18.9 Å². The van der Waals surface area contributed by atoms with Crippen molar-refractivity contribution in [2.24, 2.45) is 10.9 Å². The van der Waals surface area contributed by atoms with E-state index in [1.165, 1.54) is 6.42 Å². The van der Waals surface area contributed by atoms with E-state index in [4.69, 9.17) is 11.6 Å². The van der Waals surface area contributed by atoms with Crippen LogP contribution in [0.5, 0.6) is 0 Å². The van der Waals surface area contributed by atoms with Crippen LogP contribution in [0.3, 0.4) is 0 Å². The minimum atomic E-state index is 0.558. The van der Waals surface area contributed by atoms with Gasteiger partial charge in [-0.15, -0.1) is 0 Å². The molecule has 1 aliphatic carbocycles. The third-order valence-electron chi connectivity index (χ3n) is 3.84. The Labute approximate surface area is 135 Å². The summed E-state index contributed by atoms with van der Waals surface area (Å²) in [5, 5.41) is 11.8. The van der Waals surface area contributed by atoms with E-state index in [0.29, 0.717) is 12.6 Å². The van der Waals surface area contributed by atoms with Crippen molar-refractivity contribution in [1.29, 1.82) is 0 Å². The third-order valence-corrected chi connectivity index (χ3v) is 4.09. The predicted octanol–water partition coefficient (Wildman–Crippen LogP) is 2.60. The Hall–Kier alpha value is -2.01. The van der Waals surface area contributed by atoms with Crippen LogP contribution < -0.4 is 10.6 Å². The van der Waals surface area contributed by atoms with Crippen molar-refractivity contribution in [3.63, 3.8) is 0 Å². The fraction of sp³-hybridized carbons (Fsp3) is 0.375. The van der Waals surface area contributed by atoms with Crippen LogP contribution in [0.4, 0.5) is 0 Å². The lowest BCUT2D eigenvalue weighted by Gasteiger charge is -2.10. The Morgan fingerprint density at radius 2 is 2.14 bits per heavy atom. The molecule has 0 spiro atoms. The van der Waals surface area contributed by atoms with Crippen LogP contribution in [-0.4, -0.2) is 28.8 Å². The number of nitrogens with one attached hydrogen (secondary N) is 2. The average molecular weight is 318 g/mol. The van der Waals surface area contributed by atoms with Gasteiger partial charge in [-0.1, -0.05) is 18.5 Å². The average Bonchev–Trinajstić information content (AvgIpc) is 3.01. The molecule has 0 amide bonds. The van der Waals surface area contributed by atoms with Crippen molar-refractivity contribution in [2.75, 3.05) is 7.05 Å². The largest absolute Gasteiger partial charge is 0.353 e. The number of aromatic nitrogens is 2. The molecule has 1 heterocycles. The van der Waals surface area contributed by atoms with E-state index < -0.39 is 0 Å². The summed E-state index contributed by atoms with van der Waals surface area (Å²) >= 11 is 5.90. The topological polar surface area (TPSA) is 54.2 Å². The van der Waals surface area contributed by atoms with Crippen LogP contribution in [-0.2, 0) is 6.54 Å². The van der Waals surface area contributed by atoms with E-state index in [0.717, 1.165) is 28.2 Å². The maximum absolute atomic E-state index is 5.90. The van der Waals surface area contributed by atoms with E-state index >= 15 is 0 Å². The summed E-state index contributed by atoms with van der Waals surface area (Å²) < 4.78 is 1.84. The molecule has 0 radical (unpaired) electrons. The summed E-state index contributed by atoms with van der Waals surface area (Å²) in [7, 11) is 1.79. The monoisotopic (exact) mass is 317 g/mol. The first-order valence-corrected chi connectivity index (χ1v) is 7.80. The maximum Gasteiger partial charge on any atom is 0.191 e. The highest BCUT2D eigenvalue weighted by Crippen LogP contribution is 2.28. The molecule has 0 saturated heterocycles. The molecule has 0 aliphatic heterocycles. The Morgan fingerprint density at radius 3 is 2.77 bits per heavy atom. The molecule has 3 rings (SSSR count). The highest BCUT2D eigenvalue weighted by molar-refractivity contribution is 6.30. The van der Waals surface area contributed by atoms with Crippen molar-refractivity contribution in [1.82, 2.24) is 20.4 Å². The van der Waals surface area contributed by atoms with Gasteiger partial charge >= 0.3 is 0 Å². The molecule has 2 atom stereocenters. The summed E-state index contributed by atoms with van der Waals surface area (Å²) in [6.07, 6.45) is 5.08. The van der Waals surface area contributed by atoms with Crippen molar-refractivity contribution in [3.05, 3.63) is 47.2 Å². The first kappa shape index (κ1) is 14.9. The predicted molar refractivity (Wildman–Crippen MR) is 89.5 cm³/mol. The number of nitrogens with zero attached hydrogens (tertiary/aromatic N) is 3. The van der Waals surface area contributed by atoms with E-state index in [2.05, 4.69) is 27.6 Å². The molecule has 2 N–H and O–H groups in total. The smallest absolute Gasteiger partial charge is 0.191 e. The van der Waals surface area contributed by atoms with Crippen molar-refractivity contribution >= 4 is 17.6 Å². The Balaban J connectivity index is 1.58. The minimum absolute atomic E-state index is 0.558. The number of hydrogen-bond acceptors (Lipinski definition) is 2. The van der Waals surface area contributed by atoms with Gasteiger partial charge in [-0.25, -0.2) is 4.68 Å². The number of aliphatic imine (C=N–C) groups is 1. The first-order valence-electron chi connectivity index (χ1n) is 7.42. The first-order chi connectivity index (χ1) is 10.7. The standard InChI is InChI=1S/C16H20ClN5/c1-11-7-15(11)21-16(18-2)19-8-12-9-20-22(10-12)14-5-3-13(17)4-6-14/h3-6,9-11,15H,7-8H2,1-2H3,(H2,18,19,21). The molecule has 22 heavy (non-hydrogen) atoms. The fourth-order valence-corrected chi connectivity index (χ4v) is 2.39. The molecule has 2 aromatic rings. The zero-order valence-corrected chi connectivity index (χ0v) is 13.5. The van der Waals surface area contributed by atoms with Crippen LogP contribution in [0.2, 0.25) is 5.02 Å². The molecule has 2 unspecified atom stereocenters. The van der Waals surface area contributed by atoms with Gasteiger partial charge in [0, 0.05) is 36.4 Å². The van der Waals surface area contributed by atoms with Gasteiger partial charge in [0.25, 0.3) is 0 Å². The summed E-state index contributed by atoms with van der Waals surface area (Å²) in [5.74, 6) is 1.58. The van der Waals surface area contributed by atoms with Gasteiger partial charge < -0.3 is 10.6 Å². The van der Waals surface area contributed by atoms with Crippen LogP contribution >= 0.6 is 11.6 Å². The molecule has 5 nitrogen and oxygen atoms in total. The lowest BCUT2D eigenvalue weighted by molar-refractivity contribution is 0.763. The lowest BCUT2D eigenvalue weighted by Crippen LogP contribution is -2.38. The maximum atomic E-state index is 5.90. The molecule has 116 valence electrons. The van der Waals surface area contributed by atoms with Gasteiger partial charge in [0.1, 0.15) is 0 Å². The number of hydrogen-bond donors (Lipinski definition) is 2. The highest BCUT2D eigenvalue weighted by atomic mass is 35.5. The normalized spacial score (nSPS) is 20.8. The van der Waals surface area contributed by atoms with Gasteiger partial charge in [0.2, 0.25) is 0 Å². The fourth-order valence-electron chi connectivity index (χ4n) is 2.27. The lowest BCUT2D eigenvalue weighted by atomic mass is 10.3. The molecule has 1 fully saturated rings. The quantitative estimate of drug-likeness (QED) is 0.673. The number of guanidine groups is 1. The summed E-state index contributed by atoms with van der Waals surface area (Å²) in [6, 6.07) is 8.17. The second-order valence-electron chi connectivity index (χ2n) is 5.66. The minimum Gasteiger partial charge on any atom is -0.353 e. The number of rotatable bonds is 4. The molecule has 1 aromatic heterocycles. The van der Waals surface area contributed by atoms with Crippen LogP contribution in [0, 0.1) is 5.92 Å². The number of halogens is 1. The van der Waals surface area contributed by atoms with Gasteiger partial charge in [0.05, 0.1) is 11.9 Å². The molecule has 1 aliphatic rings. The van der Waals surface area contributed by atoms with E-state index in [1.807, 2.05) is 41.3 Å². The second-order valence-corrected chi connectivity index (χ2v) is 6.10. The molecular weight excluding hydrogens is 298 g/mol. The summed E-state index contributed by atoms with van der Waals surface area (Å²) in [6.45, 7) is 2.93. The van der Waals surface area contributed by atoms with Gasteiger partial charge in [-0.2, -0.15) is 5.10 Å². The summed E-state index contributed by atoms with van der Waals surface area (Å²) in [4.78, 5) is 4.24. The number of benzene rings is 1. The highest BCUT2D eigenvalue weighted by Gasteiger charge is 2.33. The molecule has 6 heteroatoms. The Bertz CT molecular complexity index is 661. The molecule has 1 aromatic carbocycles. The Morgan fingerprint density at radius 1 is 1.41 bits per heavy atom. The van der Waals surface area contributed by atoms with Crippen molar-refractivity contribution < 1.29 is 0 Å². The van der Waals surface area contributed by atoms with Crippen molar-refractivity contribution in [3.8, 4) is 5.69 Å². The molecule has 1 saturated carbocycles. The van der Waals surface area contributed by atoms with E-state index in [1.54, 1.807) is 7.05 Å². The molecule has 0 bridgehead atoms. The van der Waals surface area contributed by atoms with Gasteiger partial charge in [0.15, 0.2) is 5.96 Å².